The minimum atomic E-state index is -0.358. The van der Waals surface area contributed by atoms with Gasteiger partial charge in [-0.25, -0.2) is 4.79 Å². The second-order valence-corrected chi connectivity index (χ2v) is 6.03. The predicted octanol–water partition coefficient (Wildman–Crippen LogP) is 3.91. The van der Waals surface area contributed by atoms with E-state index in [0.717, 1.165) is 5.75 Å². The molecule has 25 heavy (non-hydrogen) atoms. The van der Waals surface area contributed by atoms with E-state index in [2.05, 4.69) is 5.32 Å². The van der Waals surface area contributed by atoms with Gasteiger partial charge in [0.05, 0.1) is 25.2 Å². The van der Waals surface area contributed by atoms with Crippen LogP contribution in [-0.4, -0.2) is 25.1 Å². The molecule has 1 amide bonds. The van der Waals surface area contributed by atoms with E-state index in [1.54, 1.807) is 24.3 Å². The number of amides is 1. The molecule has 0 aliphatic rings. The fraction of sp³-hybridized carbons (Fsp3) is 0.300. The number of carbonyl (C=O) groups is 2. The minimum Gasteiger partial charge on any atom is -0.493 e. The highest BCUT2D eigenvalue weighted by atomic mass is 16.5. The minimum absolute atomic E-state index is 0.147. The predicted molar refractivity (Wildman–Crippen MR) is 96.7 cm³/mol. The third-order valence-electron chi connectivity index (χ3n) is 3.29. The fourth-order valence-corrected chi connectivity index (χ4v) is 2.02. The molecule has 0 radical (unpaired) electrons. The zero-order valence-electron chi connectivity index (χ0n) is 14.5. The molecule has 0 aromatic heterocycles. The van der Waals surface area contributed by atoms with Gasteiger partial charge in [0.1, 0.15) is 5.75 Å². The molecule has 0 heterocycles. The van der Waals surface area contributed by atoms with E-state index in [9.17, 15) is 9.59 Å². The van der Waals surface area contributed by atoms with Gasteiger partial charge >= 0.3 is 5.97 Å². The van der Waals surface area contributed by atoms with Crippen molar-refractivity contribution in [1.29, 1.82) is 0 Å². The van der Waals surface area contributed by atoms with Crippen LogP contribution in [0.4, 0.5) is 5.69 Å². The highest BCUT2D eigenvalue weighted by molar-refractivity contribution is 5.93. The monoisotopic (exact) mass is 341 g/mol. The molecule has 2 rings (SSSR count). The van der Waals surface area contributed by atoms with Gasteiger partial charge in [0.15, 0.2) is 0 Å². The zero-order chi connectivity index (χ0) is 18.1. The Kier molecular flexibility index (Phi) is 7.01. The summed E-state index contributed by atoms with van der Waals surface area (Å²) in [5.41, 5.74) is 1.09. The van der Waals surface area contributed by atoms with Crippen LogP contribution in [0.5, 0.6) is 5.75 Å². The van der Waals surface area contributed by atoms with Crippen molar-refractivity contribution in [3.63, 3.8) is 0 Å². The summed E-state index contributed by atoms with van der Waals surface area (Å²) < 4.78 is 10.7. The standard InChI is InChI=1S/C20H23NO4/c1-15(2)14-25-20(23)16-8-10-17(11-9-16)21-19(22)12-13-24-18-6-4-3-5-7-18/h3-11,15H,12-14H2,1-2H3,(H,21,22). The van der Waals surface area contributed by atoms with Crippen molar-refractivity contribution in [3.05, 3.63) is 60.2 Å². The summed E-state index contributed by atoms with van der Waals surface area (Å²) in [4.78, 5) is 23.7. The van der Waals surface area contributed by atoms with E-state index >= 15 is 0 Å². The molecular weight excluding hydrogens is 318 g/mol. The lowest BCUT2D eigenvalue weighted by Gasteiger charge is -2.09. The molecule has 0 aliphatic carbocycles. The van der Waals surface area contributed by atoms with E-state index in [-0.39, 0.29) is 18.3 Å². The highest BCUT2D eigenvalue weighted by Gasteiger charge is 2.09. The molecule has 0 spiro atoms. The van der Waals surface area contributed by atoms with Gasteiger partial charge < -0.3 is 14.8 Å². The van der Waals surface area contributed by atoms with Crippen LogP contribution in [0, 0.1) is 5.92 Å². The molecule has 0 saturated heterocycles. The average molecular weight is 341 g/mol. The number of hydrogen-bond acceptors (Lipinski definition) is 4. The van der Waals surface area contributed by atoms with Crippen molar-refractivity contribution in [2.24, 2.45) is 5.92 Å². The summed E-state index contributed by atoms with van der Waals surface area (Å²) in [5, 5.41) is 2.77. The number of rotatable bonds is 8. The average Bonchev–Trinajstić information content (AvgIpc) is 2.61. The molecule has 0 fully saturated rings. The number of esters is 1. The smallest absolute Gasteiger partial charge is 0.338 e. The second-order valence-electron chi connectivity index (χ2n) is 6.03. The van der Waals surface area contributed by atoms with Crippen molar-refractivity contribution in [2.45, 2.75) is 20.3 Å². The van der Waals surface area contributed by atoms with Gasteiger partial charge in [0, 0.05) is 5.69 Å². The van der Waals surface area contributed by atoms with Crippen LogP contribution in [0.25, 0.3) is 0 Å². The van der Waals surface area contributed by atoms with Crippen molar-refractivity contribution in [1.82, 2.24) is 0 Å². The van der Waals surface area contributed by atoms with Gasteiger partial charge in [-0.1, -0.05) is 32.0 Å². The number of para-hydroxylation sites is 1. The SMILES string of the molecule is CC(C)COC(=O)c1ccc(NC(=O)CCOc2ccccc2)cc1. The van der Waals surface area contributed by atoms with Gasteiger partial charge in [0.25, 0.3) is 0 Å². The third-order valence-corrected chi connectivity index (χ3v) is 3.29. The normalized spacial score (nSPS) is 10.4. The lowest BCUT2D eigenvalue weighted by atomic mass is 10.2. The molecule has 2 aromatic carbocycles. The number of benzene rings is 2. The summed E-state index contributed by atoms with van der Waals surface area (Å²) in [5.74, 6) is 0.522. The Bertz CT molecular complexity index is 681. The first-order valence-electron chi connectivity index (χ1n) is 8.29. The third kappa shape index (κ3) is 6.67. The van der Waals surface area contributed by atoms with Crippen molar-refractivity contribution >= 4 is 17.6 Å². The molecule has 0 aliphatic heterocycles. The molecule has 0 unspecified atom stereocenters. The van der Waals surface area contributed by atoms with E-state index in [4.69, 9.17) is 9.47 Å². The Morgan fingerprint density at radius 3 is 2.32 bits per heavy atom. The first-order chi connectivity index (χ1) is 12.0. The first-order valence-corrected chi connectivity index (χ1v) is 8.29. The number of nitrogens with one attached hydrogen (secondary N) is 1. The molecular formula is C20H23NO4. The van der Waals surface area contributed by atoms with Crippen molar-refractivity contribution in [2.75, 3.05) is 18.5 Å². The molecule has 132 valence electrons. The number of anilines is 1. The first kappa shape index (κ1) is 18.5. The van der Waals surface area contributed by atoms with Gasteiger partial charge in [-0.3, -0.25) is 4.79 Å². The summed E-state index contributed by atoms with van der Waals surface area (Å²) in [6.45, 7) is 4.65. The fourth-order valence-electron chi connectivity index (χ4n) is 2.02. The lowest BCUT2D eigenvalue weighted by molar-refractivity contribution is -0.116. The quantitative estimate of drug-likeness (QED) is 0.740. The van der Waals surface area contributed by atoms with Crippen molar-refractivity contribution in [3.8, 4) is 5.75 Å². The van der Waals surface area contributed by atoms with Gasteiger partial charge in [0.2, 0.25) is 5.91 Å². The highest BCUT2D eigenvalue weighted by Crippen LogP contribution is 2.12. The van der Waals surface area contributed by atoms with E-state index in [1.165, 1.54) is 0 Å². The Hall–Kier alpha value is -2.82. The van der Waals surface area contributed by atoms with Crippen LogP contribution in [-0.2, 0) is 9.53 Å². The number of hydrogen-bond donors (Lipinski definition) is 1. The number of carbonyl (C=O) groups excluding carboxylic acids is 2. The molecule has 1 N–H and O–H groups in total. The maximum Gasteiger partial charge on any atom is 0.338 e. The topological polar surface area (TPSA) is 64.6 Å². The lowest BCUT2D eigenvalue weighted by Crippen LogP contribution is -2.15. The summed E-state index contributed by atoms with van der Waals surface area (Å²) in [6.07, 6.45) is 0.243. The summed E-state index contributed by atoms with van der Waals surface area (Å²) in [7, 11) is 0. The van der Waals surface area contributed by atoms with E-state index < -0.39 is 0 Å². The zero-order valence-corrected chi connectivity index (χ0v) is 14.5. The Labute approximate surface area is 148 Å². The molecule has 0 atom stereocenters. The molecule has 5 nitrogen and oxygen atoms in total. The van der Waals surface area contributed by atoms with Crippen LogP contribution in [0.2, 0.25) is 0 Å². The second kappa shape index (κ2) is 9.47. The van der Waals surface area contributed by atoms with Crippen LogP contribution in [0.3, 0.4) is 0 Å². The van der Waals surface area contributed by atoms with E-state index in [0.29, 0.717) is 30.4 Å². The van der Waals surface area contributed by atoms with Crippen LogP contribution < -0.4 is 10.1 Å². The Morgan fingerprint density at radius 1 is 1.00 bits per heavy atom. The van der Waals surface area contributed by atoms with E-state index in [1.807, 2.05) is 44.2 Å². The molecule has 5 heteroatoms. The summed E-state index contributed by atoms with van der Waals surface area (Å²) in [6, 6.07) is 16.0. The van der Waals surface area contributed by atoms with Crippen LogP contribution in [0.15, 0.2) is 54.6 Å². The van der Waals surface area contributed by atoms with Gasteiger partial charge in [-0.15, -0.1) is 0 Å². The number of ether oxygens (including phenoxy) is 2. The maximum absolute atomic E-state index is 11.9. The van der Waals surface area contributed by atoms with Gasteiger partial charge in [-0.2, -0.15) is 0 Å². The van der Waals surface area contributed by atoms with Crippen molar-refractivity contribution < 1.29 is 19.1 Å². The summed E-state index contributed by atoms with van der Waals surface area (Å²) >= 11 is 0. The van der Waals surface area contributed by atoms with Crippen LogP contribution in [0.1, 0.15) is 30.6 Å². The Balaban J connectivity index is 1.76. The van der Waals surface area contributed by atoms with Crippen LogP contribution >= 0.6 is 0 Å². The maximum atomic E-state index is 11.9. The molecule has 2 aromatic rings. The molecule has 0 bridgehead atoms. The molecule has 0 saturated carbocycles. The largest absolute Gasteiger partial charge is 0.493 e. The Morgan fingerprint density at radius 2 is 1.68 bits per heavy atom. The van der Waals surface area contributed by atoms with Gasteiger partial charge in [-0.05, 0) is 42.3 Å².